The van der Waals surface area contributed by atoms with Gasteiger partial charge in [-0.3, -0.25) is 19.8 Å². The van der Waals surface area contributed by atoms with Crippen molar-refractivity contribution >= 4 is 47.1 Å². The van der Waals surface area contributed by atoms with Crippen molar-refractivity contribution in [2.75, 3.05) is 20.8 Å². The maximum Gasteiger partial charge on any atom is 0.331 e. The number of urea groups is 1. The van der Waals surface area contributed by atoms with Crippen molar-refractivity contribution < 1.29 is 33.3 Å². The summed E-state index contributed by atoms with van der Waals surface area (Å²) in [7, 11) is 2.95. The fourth-order valence-corrected chi connectivity index (χ4v) is 4.43. The van der Waals surface area contributed by atoms with Crippen LogP contribution in [0.5, 0.6) is 23.0 Å². The van der Waals surface area contributed by atoms with E-state index in [4.69, 9.17) is 42.1 Å². The standard InChI is InChI=1S/C30H28Cl2N2O7/c1-4-11-40-24-10-7-19(14-25(24)38-2)16-34-29(36)22(28(35)33-30(34)37)12-20-13-23(32)27(26(15-20)39-3)41-17-18-5-8-21(31)9-6-18/h5-10,12-15H,4,11,16-17H2,1-3H3,(H,33,35,37)/b22-12+. The Morgan fingerprint density at radius 2 is 1.56 bits per heavy atom. The average molecular weight is 599 g/mol. The first kappa shape index (κ1) is 29.8. The molecular formula is C30H28Cl2N2O7. The number of nitrogens with one attached hydrogen (secondary N) is 1. The number of carbonyl (C=O) groups is 3. The summed E-state index contributed by atoms with van der Waals surface area (Å²) in [6.45, 7) is 2.62. The van der Waals surface area contributed by atoms with E-state index in [0.717, 1.165) is 16.9 Å². The van der Waals surface area contributed by atoms with Crippen LogP contribution in [-0.4, -0.2) is 43.6 Å². The normalized spacial score (nSPS) is 14.2. The third-order valence-corrected chi connectivity index (χ3v) is 6.61. The Balaban J connectivity index is 1.56. The maximum atomic E-state index is 13.3. The second-order valence-electron chi connectivity index (χ2n) is 8.99. The van der Waals surface area contributed by atoms with Crippen LogP contribution in [0.2, 0.25) is 10.0 Å². The molecule has 0 radical (unpaired) electrons. The van der Waals surface area contributed by atoms with Crippen molar-refractivity contribution in [3.8, 4) is 23.0 Å². The van der Waals surface area contributed by atoms with E-state index in [-0.39, 0.29) is 23.7 Å². The minimum Gasteiger partial charge on any atom is -0.493 e. The van der Waals surface area contributed by atoms with Crippen molar-refractivity contribution in [3.63, 3.8) is 0 Å². The maximum absolute atomic E-state index is 13.3. The molecule has 1 fully saturated rings. The van der Waals surface area contributed by atoms with Crippen LogP contribution in [-0.2, 0) is 22.7 Å². The summed E-state index contributed by atoms with van der Waals surface area (Å²) in [6.07, 6.45) is 2.17. The molecule has 41 heavy (non-hydrogen) atoms. The minimum atomic E-state index is -0.830. The number of amides is 4. The molecule has 1 N–H and O–H groups in total. The predicted molar refractivity (Wildman–Crippen MR) is 155 cm³/mol. The lowest BCUT2D eigenvalue weighted by atomic mass is 10.1. The van der Waals surface area contributed by atoms with Gasteiger partial charge in [0.25, 0.3) is 11.8 Å². The summed E-state index contributed by atoms with van der Waals surface area (Å²) in [5, 5.41) is 3.04. The summed E-state index contributed by atoms with van der Waals surface area (Å²) in [6, 6.07) is 14.6. The molecule has 214 valence electrons. The zero-order valence-corrected chi connectivity index (χ0v) is 24.2. The molecule has 4 amide bonds. The largest absolute Gasteiger partial charge is 0.493 e. The van der Waals surface area contributed by atoms with E-state index < -0.39 is 17.8 Å². The Labute approximate surface area is 247 Å². The Kier molecular flexibility index (Phi) is 9.75. The van der Waals surface area contributed by atoms with Crippen molar-refractivity contribution in [2.45, 2.75) is 26.5 Å². The molecule has 3 aromatic carbocycles. The number of hydrogen-bond acceptors (Lipinski definition) is 7. The Hall–Kier alpha value is -4.21. The lowest BCUT2D eigenvalue weighted by Crippen LogP contribution is -2.53. The highest BCUT2D eigenvalue weighted by molar-refractivity contribution is 6.33. The Morgan fingerprint density at radius 3 is 2.24 bits per heavy atom. The van der Waals surface area contributed by atoms with Gasteiger partial charge in [0.05, 0.1) is 32.4 Å². The van der Waals surface area contributed by atoms with E-state index >= 15 is 0 Å². The molecule has 0 spiro atoms. The molecule has 0 bridgehead atoms. The van der Waals surface area contributed by atoms with Crippen LogP contribution in [0.15, 0.2) is 60.2 Å². The van der Waals surface area contributed by atoms with Crippen LogP contribution >= 0.6 is 23.2 Å². The topological polar surface area (TPSA) is 103 Å². The van der Waals surface area contributed by atoms with Crippen LogP contribution in [0.3, 0.4) is 0 Å². The Morgan fingerprint density at radius 1 is 0.854 bits per heavy atom. The summed E-state index contributed by atoms with van der Waals surface area (Å²) >= 11 is 12.4. The second-order valence-corrected chi connectivity index (χ2v) is 9.84. The molecule has 0 aliphatic carbocycles. The van der Waals surface area contributed by atoms with Gasteiger partial charge < -0.3 is 18.9 Å². The number of imide groups is 2. The first-order valence-corrected chi connectivity index (χ1v) is 13.4. The number of barbiturate groups is 1. The molecule has 4 rings (SSSR count). The number of nitrogens with zero attached hydrogens (tertiary/aromatic N) is 1. The summed E-state index contributed by atoms with van der Waals surface area (Å²) in [5.41, 5.74) is 1.63. The highest BCUT2D eigenvalue weighted by Gasteiger charge is 2.36. The van der Waals surface area contributed by atoms with Gasteiger partial charge >= 0.3 is 6.03 Å². The van der Waals surface area contributed by atoms with Gasteiger partial charge in [-0.05, 0) is 65.6 Å². The average Bonchev–Trinajstić information content (AvgIpc) is 2.96. The lowest BCUT2D eigenvalue weighted by molar-refractivity contribution is -0.130. The highest BCUT2D eigenvalue weighted by atomic mass is 35.5. The molecule has 1 aliphatic rings. The van der Waals surface area contributed by atoms with Crippen LogP contribution in [0.1, 0.15) is 30.0 Å². The van der Waals surface area contributed by atoms with Crippen molar-refractivity contribution in [3.05, 3.63) is 86.9 Å². The number of methoxy groups -OCH3 is 2. The van der Waals surface area contributed by atoms with Gasteiger partial charge in [0.15, 0.2) is 23.0 Å². The Bertz CT molecular complexity index is 1490. The second kappa shape index (κ2) is 13.4. The molecule has 1 aliphatic heterocycles. The molecule has 1 saturated heterocycles. The zero-order chi connectivity index (χ0) is 29.5. The molecule has 11 heteroatoms. The minimum absolute atomic E-state index is 0.0960. The van der Waals surface area contributed by atoms with Gasteiger partial charge in [0, 0.05) is 5.02 Å². The van der Waals surface area contributed by atoms with E-state index in [2.05, 4.69) is 5.32 Å². The third kappa shape index (κ3) is 7.11. The van der Waals surface area contributed by atoms with Crippen LogP contribution in [0.4, 0.5) is 4.79 Å². The van der Waals surface area contributed by atoms with E-state index in [0.29, 0.717) is 45.8 Å². The molecule has 0 aromatic heterocycles. The van der Waals surface area contributed by atoms with Gasteiger partial charge in [-0.25, -0.2) is 4.79 Å². The molecule has 0 unspecified atom stereocenters. The number of carbonyl (C=O) groups excluding carboxylic acids is 3. The van der Waals surface area contributed by atoms with Gasteiger partial charge in [-0.15, -0.1) is 0 Å². The number of rotatable bonds is 11. The number of hydrogen-bond donors (Lipinski definition) is 1. The van der Waals surface area contributed by atoms with E-state index in [1.165, 1.54) is 26.4 Å². The van der Waals surface area contributed by atoms with Crippen LogP contribution in [0, 0.1) is 0 Å². The molecule has 1 heterocycles. The fraction of sp³-hybridized carbons (Fsp3) is 0.233. The molecule has 3 aromatic rings. The van der Waals surface area contributed by atoms with Crippen LogP contribution in [0.25, 0.3) is 6.08 Å². The van der Waals surface area contributed by atoms with Gasteiger partial charge in [0.1, 0.15) is 12.2 Å². The third-order valence-electron chi connectivity index (χ3n) is 6.08. The summed E-state index contributed by atoms with van der Waals surface area (Å²) in [4.78, 5) is 39.6. The number of halogens is 2. The SMILES string of the molecule is CCCOc1ccc(CN2C(=O)NC(=O)/C(=C\c3cc(Cl)c(OCc4ccc(Cl)cc4)c(OC)c3)C2=O)cc1OC. The van der Waals surface area contributed by atoms with E-state index in [1.54, 1.807) is 36.4 Å². The van der Waals surface area contributed by atoms with E-state index in [1.807, 2.05) is 19.1 Å². The quantitative estimate of drug-likeness (QED) is 0.212. The predicted octanol–water partition coefficient (Wildman–Crippen LogP) is 6.04. The number of benzene rings is 3. The fourth-order valence-electron chi connectivity index (χ4n) is 4.03. The highest BCUT2D eigenvalue weighted by Crippen LogP contribution is 2.38. The van der Waals surface area contributed by atoms with Crippen molar-refractivity contribution in [1.29, 1.82) is 0 Å². The first-order chi connectivity index (χ1) is 19.7. The van der Waals surface area contributed by atoms with Crippen molar-refractivity contribution in [2.24, 2.45) is 0 Å². The summed E-state index contributed by atoms with van der Waals surface area (Å²) < 4.78 is 22.4. The van der Waals surface area contributed by atoms with Crippen LogP contribution < -0.4 is 24.3 Å². The molecule has 0 atom stereocenters. The molecular weight excluding hydrogens is 571 g/mol. The van der Waals surface area contributed by atoms with Crippen molar-refractivity contribution in [1.82, 2.24) is 10.2 Å². The summed E-state index contributed by atoms with van der Waals surface area (Å²) in [5.74, 6) is 0.0233. The number of ether oxygens (including phenoxy) is 4. The van der Waals surface area contributed by atoms with Gasteiger partial charge in [0.2, 0.25) is 0 Å². The molecule has 9 nitrogen and oxygen atoms in total. The van der Waals surface area contributed by atoms with Gasteiger partial charge in [-0.1, -0.05) is 48.3 Å². The zero-order valence-electron chi connectivity index (χ0n) is 22.7. The smallest absolute Gasteiger partial charge is 0.331 e. The molecule has 0 saturated carbocycles. The lowest BCUT2D eigenvalue weighted by Gasteiger charge is -2.26. The monoisotopic (exact) mass is 598 g/mol. The van der Waals surface area contributed by atoms with E-state index in [9.17, 15) is 14.4 Å². The first-order valence-electron chi connectivity index (χ1n) is 12.7. The van der Waals surface area contributed by atoms with Gasteiger partial charge in [-0.2, -0.15) is 0 Å².